The quantitative estimate of drug-likeness (QED) is 0.548. The Morgan fingerprint density at radius 1 is 1.06 bits per heavy atom. The summed E-state index contributed by atoms with van der Waals surface area (Å²) in [6.45, 7) is 3.42. The van der Waals surface area contributed by atoms with E-state index in [9.17, 15) is 9.59 Å². The molecule has 2 aromatic rings. The van der Waals surface area contributed by atoms with Crippen LogP contribution in [0.15, 0.2) is 42.7 Å². The van der Waals surface area contributed by atoms with Crippen LogP contribution in [0.3, 0.4) is 0 Å². The average molecular weight is 490 g/mol. The highest BCUT2D eigenvalue weighted by molar-refractivity contribution is 5.90. The summed E-state index contributed by atoms with van der Waals surface area (Å²) in [6.07, 6.45) is 11.2. The summed E-state index contributed by atoms with van der Waals surface area (Å²) in [6, 6.07) is 9.90. The molecule has 2 amide bonds. The Kier molecular flexibility index (Phi) is 7.56. The maximum absolute atomic E-state index is 14.0. The minimum atomic E-state index is -0.462. The molecule has 7 nitrogen and oxygen atoms in total. The zero-order valence-corrected chi connectivity index (χ0v) is 21.5. The minimum absolute atomic E-state index is 0.000674. The van der Waals surface area contributed by atoms with Crippen molar-refractivity contribution in [3.63, 3.8) is 0 Å². The summed E-state index contributed by atoms with van der Waals surface area (Å²) in [7, 11) is 1.77. The van der Waals surface area contributed by atoms with Gasteiger partial charge in [-0.05, 0) is 74.4 Å². The fourth-order valence-electron chi connectivity index (χ4n) is 6.24. The molecule has 1 aliphatic carbocycles. The predicted molar refractivity (Wildman–Crippen MR) is 142 cm³/mol. The fraction of sp³-hybridized carbons (Fsp3) is 0.552. The third-order valence-electron chi connectivity index (χ3n) is 8.45. The Hall–Kier alpha value is -2.93. The summed E-state index contributed by atoms with van der Waals surface area (Å²) >= 11 is 0. The molecule has 3 aliphatic rings. The molecule has 3 N–H and O–H groups in total. The molecule has 0 spiro atoms. The number of benzene rings is 1. The lowest BCUT2D eigenvalue weighted by molar-refractivity contribution is -0.139. The van der Waals surface area contributed by atoms with Crippen molar-refractivity contribution in [2.24, 2.45) is 5.92 Å². The van der Waals surface area contributed by atoms with Gasteiger partial charge < -0.3 is 20.9 Å². The van der Waals surface area contributed by atoms with E-state index < -0.39 is 6.04 Å². The molecule has 2 aliphatic heterocycles. The lowest BCUT2D eigenvalue weighted by Crippen LogP contribution is -2.55. The molecule has 1 aromatic heterocycles. The van der Waals surface area contributed by atoms with Crippen molar-refractivity contribution >= 4 is 17.5 Å². The van der Waals surface area contributed by atoms with E-state index in [0.29, 0.717) is 0 Å². The fourth-order valence-corrected chi connectivity index (χ4v) is 6.24. The Morgan fingerprint density at radius 2 is 1.83 bits per heavy atom. The second kappa shape index (κ2) is 11.0. The number of hydrogen-bond acceptors (Lipinski definition) is 5. The van der Waals surface area contributed by atoms with E-state index in [1.807, 2.05) is 24.2 Å². The number of likely N-dealkylation sites (N-methyl/N-ethyl adjacent to an activating group) is 1. The van der Waals surface area contributed by atoms with Gasteiger partial charge in [0.1, 0.15) is 6.04 Å². The number of amides is 2. The molecule has 3 heterocycles. The number of carbonyl (C=O) groups excluding carboxylic acids is 2. The number of pyridine rings is 1. The van der Waals surface area contributed by atoms with Crippen LogP contribution in [0.4, 0.5) is 5.69 Å². The molecule has 1 aromatic carbocycles. The van der Waals surface area contributed by atoms with Crippen molar-refractivity contribution in [1.29, 1.82) is 0 Å². The van der Waals surface area contributed by atoms with Gasteiger partial charge in [0.2, 0.25) is 11.8 Å². The second-order valence-corrected chi connectivity index (χ2v) is 10.7. The van der Waals surface area contributed by atoms with Gasteiger partial charge in [-0.15, -0.1) is 0 Å². The number of carbonyl (C=O) groups is 2. The third-order valence-corrected chi connectivity index (χ3v) is 8.45. The number of hydrogen-bond donors (Lipinski definition) is 3. The zero-order chi connectivity index (χ0) is 25.1. The average Bonchev–Trinajstić information content (AvgIpc) is 3.59. The Labute approximate surface area is 214 Å². The maximum atomic E-state index is 14.0. The van der Waals surface area contributed by atoms with E-state index in [0.717, 1.165) is 57.2 Å². The van der Waals surface area contributed by atoms with Crippen molar-refractivity contribution in [2.45, 2.75) is 75.9 Å². The van der Waals surface area contributed by atoms with Gasteiger partial charge in [-0.1, -0.05) is 37.5 Å². The van der Waals surface area contributed by atoms with Crippen molar-refractivity contribution in [1.82, 2.24) is 20.5 Å². The Bertz CT molecular complexity index is 1080. The van der Waals surface area contributed by atoms with Crippen LogP contribution in [0.2, 0.25) is 0 Å². The van der Waals surface area contributed by atoms with E-state index >= 15 is 0 Å². The first-order valence-electron chi connectivity index (χ1n) is 13.6. The molecular formula is C29H39N5O2. The van der Waals surface area contributed by atoms with E-state index in [-0.39, 0.29) is 35.7 Å². The molecule has 5 rings (SSSR count). The van der Waals surface area contributed by atoms with E-state index in [1.54, 1.807) is 7.05 Å². The highest BCUT2D eigenvalue weighted by Gasteiger charge is 2.39. The van der Waals surface area contributed by atoms with Crippen LogP contribution in [0, 0.1) is 5.92 Å². The van der Waals surface area contributed by atoms with Gasteiger partial charge in [0.05, 0.1) is 12.1 Å². The summed E-state index contributed by atoms with van der Waals surface area (Å²) in [4.78, 5) is 33.5. The maximum Gasteiger partial charge on any atom is 0.245 e. The van der Waals surface area contributed by atoms with Gasteiger partial charge in [-0.3, -0.25) is 14.6 Å². The summed E-state index contributed by atoms with van der Waals surface area (Å²) in [5.74, 6) is 0.426. The number of aromatic nitrogens is 1. The smallest absolute Gasteiger partial charge is 0.245 e. The molecule has 2 fully saturated rings. The largest absolute Gasteiger partial charge is 0.384 e. The van der Waals surface area contributed by atoms with E-state index in [1.165, 1.54) is 23.2 Å². The normalized spacial score (nSPS) is 23.6. The zero-order valence-electron chi connectivity index (χ0n) is 21.5. The van der Waals surface area contributed by atoms with Crippen molar-refractivity contribution in [2.75, 3.05) is 25.5 Å². The Morgan fingerprint density at radius 3 is 2.64 bits per heavy atom. The van der Waals surface area contributed by atoms with Gasteiger partial charge in [-0.2, -0.15) is 0 Å². The number of rotatable bonds is 7. The summed E-state index contributed by atoms with van der Waals surface area (Å²) in [5.41, 5.74) is 4.77. The molecule has 4 atom stereocenters. The highest BCUT2D eigenvalue weighted by atomic mass is 16.2. The molecule has 1 saturated heterocycles. The van der Waals surface area contributed by atoms with E-state index in [2.05, 4.69) is 51.3 Å². The number of fused-ring (bicyclic) bond motifs is 1. The number of nitrogens with zero attached hydrogens (tertiary/aromatic N) is 2. The first-order valence-corrected chi connectivity index (χ1v) is 13.6. The van der Waals surface area contributed by atoms with Gasteiger partial charge in [0.25, 0.3) is 0 Å². The van der Waals surface area contributed by atoms with Crippen LogP contribution in [0.25, 0.3) is 0 Å². The molecular weight excluding hydrogens is 450 g/mol. The summed E-state index contributed by atoms with van der Waals surface area (Å²) < 4.78 is 0. The SMILES string of the molecule is CN[C@@H](C)C(=O)N[C@H](C(=O)N1CCC[C@H]1c1cncc(C2CNc3ccccc32)c1)C1CCCCC1. The summed E-state index contributed by atoms with van der Waals surface area (Å²) in [5, 5.41) is 9.65. The molecule has 0 bridgehead atoms. The highest BCUT2D eigenvalue weighted by Crippen LogP contribution is 2.39. The molecule has 36 heavy (non-hydrogen) atoms. The van der Waals surface area contributed by atoms with Gasteiger partial charge in [-0.25, -0.2) is 0 Å². The monoisotopic (exact) mass is 489 g/mol. The van der Waals surface area contributed by atoms with Crippen LogP contribution >= 0.6 is 0 Å². The van der Waals surface area contributed by atoms with Crippen LogP contribution in [-0.4, -0.2) is 53.9 Å². The lowest BCUT2D eigenvalue weighted by atomic mass is 9.83. The van der Waals surface area contributed by atoms with Crippen LogP contribution in [0.5, 0.6) is 0 Å². The molecule has 192 valence electrons. The van der Waals surface area contributed by atoms with Gasteiger partial charge in [0.15, 0.2) is 0 Å². The molecule has 7 heteroatoms. The number of anilines is 1. The molecule has 1 unspecified atom stereocenters. The second-order valence-electron chi connectivity index (χ2n) is 10.7. The molecule has 0 radical (unpaired) electrons. The number of likely N-dealkylation sites (tertiary alicyclic amines) is 1. The first kappa shape index (κ1) is 24.8. The lowest BCUT2D eigenvalue weighted by Gasteiger charge is -2.35. The van der Waals surface area contributed by atoms with Crippen LogP contribution in [-0.2, 0) is 9.59 Å². The van der Waals surface area contributed by atoms with Crippen molar-refractivity contribution < 1.29 is 9.59 Å². The van der Waals surface area contributed by atoms with Crippen LogP contribution in [0.1, 0.15) is 80.5 Å². The third kappa shape index (κ3) is 4.99. The van der Waals surface area contributed by atoms with Crippen molar-refractivity contribution in [3.8, 4) is 0 Å². The van der Waals surface area contributed by atoms with Gasteiger partial charge >= 0.3 is 0 Å². The molecule has 1 saturated carbocycles. The van der Waals surface area contributed by atoms with Crippen molar-refractivity contribution in [3.05, 3.63) is 59.4 Å². The predicted octanol–water partition coefficient (Wildman–Crippen LogP) is 3.98. The van der Waals surface area contributed by atoms with Crippen LogP contribution < -0.4 is 16.0 Å². The number of nitrogens with one attached hydrogen (secondary N) is 3. The number of para-hydroxylation sites is 1. The Balaban J connectivity index is 1.38. The van der Waals surface area contributed by atoms with E-state index in [4.69, 9.17) is 0 Å². The van der Waals surface area contributed by atoms with Gasteiger partial charge in [0, 0.05) is 37.1 Å². The topological polar surface area (TPSA) is 86.4 Å². The standard InChI is InChI=1S/C29H39N5O2/c1-19(30-2)28(35)33-27(20-9-4-3-5-10-20)29(36)34-14-8-13-26(34)22-15-21(16-31-17-22)24-18-32-25-12-7-6-11-23(24)25/h6-7,11-12,15-17,19-20,24,26-27,30,32H,3-5,8-10,13-14,18H2,1-2H3,(H,33,35)/t19-,24?,26-,27-/m0/s1. The first-order chi connectivity index (χ1) is 17.6. The minimum Gasteiger partial charge on any atom is -0.384 e.